The number of carbonyl (C=O) groups excluding carboxylic acids is 1. The van der Waals surface area contributed by atoms with Crippen LogP contribution < -0.4 is 5.32 Å². The molecule has 1 aromatic rings. The second kappa shape index (κ2) is 7.78. The maximum atomic E-state index is 13.1. The van der Waals surface area contributed by atoms with Crippen LogP contribution in [-0.4, -0.2) is 67.2 Å². The Kier molecular flexibility index (Phi) is 5.71. The van der Waals surface area contributed by atoms with Crippen molar-refractivity contribution in [3.63, 3.8) is 0 Å². The van der Waals surface area contributed by atoms with Gasteiger partial charge in [0.25, 0.3) is 0 Å². The van der Waals surface area contributed by atoms with Crippen molar-refractivity contribution in [2.45, 2.75) is 25.6 Å². The van der Waals surface area contributed by atoms with Gasteiger partial charge in [0.05, 0.1) is 12.7 Å². The largest absolute Gasteiger partial charge is 0.375 e. The predicted molar refractivity (Wildman–Crippen MR) is 90.5 cm³/mol. The van der Waals surface area contributed by atoms with Gasteiger partial charge in [-0.1, -0.05) is 17.7 Å². The third kappa shape index (κ3) is 4.06. The van der Waals surface area contributed by atoms with Crippen molar-refractivity contribution >= 4 is 17.5 Å². The molecule has 24 heavy (non-hydrogen) atoms. The number of halogens is 2. The van der Waals surface area contributed by atoms with Crippen LogP contribution in [0.5, 0.6) is 0 Å². The number of morpholine rings is 1. The van der Waals surface area contributed by atoms with E-state index in [4.69, 9.17) is 16.3 Å². The average molecular weight is 356 g/mol. The lowest BCUT2D eigenvalue weighted by Gasteiger charge is -2.38. The number of nitrogens with one attached hydrogen (secondary N) is 1. The first-order valence-electron chi connectivity index (χ1n) is 8.34. The monoisotopic (exact) mass is 355 g/mol. The molecule has 2 fully saturated rings. The third-order valence-electron chi connectivity index (χ3n) is 4.68. The molecular weight excluding hydrogens is 333 g/mol. The Bertz CT molecular complexity index is 593. The topological polar surface area (TPSA) is 44.8 Å². The van der Waals surface area contributed by atoms with E-state index in [9.17, 15) is 9.18 Å². The smallest absolute Gasteiger partial charge is 0.242 e. The minimum atomic E-state index is -0.324. The van der Waals surface area contributed by atoms with Crippen molar-refractivity contribution in [2.75, 3.05) is 39.3 Å². The summed E-state index contributed by atoms with van der Waals surface area (Å²) >= 11 is 6.09. The van der Waals surface area contributed by atoms with Gasteiger partial charge >= 0.3 is 0 Å². The zero-order valence-electron chi connectivity index (χ0n) is 13.8. The van der Waals surface area contributed by atoms with Crippen LogP contribution in [0.25, 0.3) is 0 Å². The van der Waals surface area contributed by atoms with Gasteiger partial charge in [-0.25, -0.2) is 4.39 Å². The Morgan fingerprint density at radius 1 is 1.38 bits per heavy atom. The molecule has 0 spiro atoms. The van der Waals surface area contributed by atoms with Gasteiger partial charge in [-0.05, 0) is 24.6 Å². The van der Waals surface area contributed by atoms with Gasteiger partial charge < -0.3 is 15.0 Å². The maximum absolute atomic E-state index is 13.1. The molecule has 0 radical (unpaired) electrons. The molecule has 3 rings (SSSR count). The molecular formula is C17H23ClFN3O2. The molecule has 0 unspecified atom stereocenters. The Morgan fingerprint density at radius 3 is 2.79 bits per heavy atom. The quantitative estimate of drug-likeness (QED) is 0.892. The highest BCUT2D eigenvalue weighted by Gasteiger charge is 2.33. The van der Waals surface area contributed by atoms with Gasteiger partial charge in [0.2, 0.25) is 5.91 Å². The van der Waals surface area contributed by atoms with Crippen LogP contribution in [-0.2, 0) is 16.1 Å². The summed E-state index contributed by atoms with van der Waals surface area (Å²) in [5.74, 6) is -0.211. The normalized spacial score (nSPS) is 25.7. The number of ether oxygens (including phenoxy) is 1. The summed E-state index contributed by atoms with van der Waals surface area (Å²) in [6, 6.07) is 4.24. The molecule has 1 aromatic carbocycles. The highest BCUT2D eigenvalue weighted by molar-refractivity contribution is 6.31. The second-order valence-corrected chi connectivity index (χ2v) is 6.75. The lowest BCUT2D eigenvalue weighted by atomic mass is 10.1. The van der Waals surface area contributed by atoms with E-state index in [1.165, 1.54) is 12.1 Å². The number of piperazine rings is 1. The molecule has 0 aromatic heterocycles. The molecule has 2 aliphatic heterocycles. The van der Waals surface area contributed by atoms with Crippen LogP contribution >= 0.6 is 11.6 Å². The molecule has 7 heteroatoms. The Balaban J connectivity index is 1.52. The van der Waals surface area contributed by atoms with Crippen LogP contribution in [0, 0.1) is 5.82 Å². The molecule has 1 amide bonds. The van der Waals surface area contributed by atoms with Gasteiger partial charge in [-0.15, -0.1) is 0 Å². The van der Waals surface area contributed by atoms with E-state index in [0.29, 0.717) is 37.8 Å². The second-order valence-electron chi connectivity index (χ2n) is 6.34. The molecule has 0 saturated carbocycles. The minimum Gasteiger partial charge on any atom is -0.375 e. The van der Waals surface area contributed by atoms with Crippen LogP contribution in [0.4, 0.5) is 4.39 Å². The van der Waals surface area contributed by atoms with Crippen molar-refractivity contribution in [2.24, 2.45) is 0 Å². The van der Waals surface area contributed by atoms with Crippen molar-refractivity contribution in [3.05, 3.63) is 34.6 Å². The van der Waals surface area contributed by atoms with E-state index in [0.717, 1.165) is 18.7 Å². The average Bonchev–Trinajstić information content (AvgIpc) is 2.58. The predicted octanol–water partition coefficient (Wildman–Crippen LogP) is 1.50. The Labute approximate surface area is 146 Å². The summed E-state index contributed by atoms with van der Waals surface area (Å²) in [6.07, 6.45) is -0.0951. The number of nitrogens with zero attached hydrogens (tertiary/aromatic N) is 2. The van der Waals surface area contributed by atoms with E-state index < -0.39 is 0 Å². The first-order chi connectivity index (χ1) is 11.5. The van der Waals surface area contributed by atoms with Crippen LogP contribution in [0.1, 0.15) is 12.5 Å². The summed E-state index contributed by atoms with van der Waals surface area (Å²) < 4.78 is 18.7. The third-order valence-corrected chi connectivity index (χ3v) is 5.03. The zero-order valence-corrected chi connectivity index (χ0v) is 14.6. The number of amides is 1. The molecule has 132 valence electrons. The highest BCUT2D eigenvalue weighted by atomic mass is 35.5. The number of carbonyl (C=O) groups is 1. The van der Waals surface area contributed by atoms with E-state index in [1.54, 1.807) is 6.07 Å². The van der Waals surface area contributed by atoms with Gasteiger partial charge in [0, 0.05) is 44.3 Å². The van der Waals surface area contributed by atoms with E-state index >= 15 is 0 Å². The fourth-order valence-corrected chi connectivity index (χ4v) is 3.45. The molecule has 1 N–H and O–H groups in total. The molecule has 5 nitrogen and oxygen atoms in total. The van der Waals surface area contributed by atoms with E-state index in [-0.39, 0.29) is 23.9 Å². The van der Waals surface area contributed by atoms with Gasteiger partial charge in [-0.3, -0.25) is 9.69 Å². The molecule has 0 aliphatic carbocycles. The number of benzene rings is 1. The van der Waals surface area contributed by atoms with E-state index in [1.807, 2.05) is 11.8 Å². The summed E-state index contributed by atoms with van der Waals surface area (Å²) in [4.78, 5) is 16.7. The van der Waals surface area contributed by atoms with Crippen molar-refractivity contribution in [1.82, 2.24) is 15.1 Å². The SMILES string of the molecule is C[C@H]1OCCN[C@@H]1C(=O)N1CCN(Cc2ccc(F)cc2Cl)CC1. The highest BCUT2D eigenvalue weighted by Crippen LogP contribution is 2.20. The lowest BCUT2D eigenvalue weighted by molar-refractivity contribution is -0.141. The standard InChI is InChI=1S/C17H23ClFN3O2/c1-12-16(20-4-9-24-12)17(23)22-7-5-21(6-8-22)11-13-2-3-14(19)10-15(13)18/h2-3,10,12,16,20H,4-9,11H2,1H3/t12-,16+/m1/s1. The summed E-state index contributed by atoms with van der Waals surface area (Å²) in [5, 5.41) is 3.70. The minimum absolute atomic E-state index is 0.0951. The molecule has 0 bridgehead atoms. The number of rotatable bonds is 3. The summed E-state index contributed by atoms with van der Waals surface area (Å²) in [5.41, 5.74) is 0.911. The fraction of sp³-hybridized carbons (Fsp3) is 0.588. The van der Waals surface area contributed by atoms with Crippen molar-refractivity contribution < 1.29 is 13.9 Å². The van der Waals surface area contributed by atoms with E-state index in [2.05, 4.69) is 10.2 Å². The molecule has 2 atom stereocenters. The molecule has 2 aliphatic rings. The summed E-state index contributed by atoms with van der Waals surface area (Å²) in [6.45, 7) is 6.89. The molecule has 2 saturated heterocycles. The Morgan fingerprint density at radius 2 is 2.12 bits per heavy atom. The van der Waals surface area contributed by atoms with Crippen LogP contribution in [0.15, 0.2) is 18.2 Å². The van der Waals surface area contributed by atoms with Crippen molar-refractivity contribution in [3.8, 4) is 0 Å². The van der Waals surface area contributed by atoms with Crippen LogP contribution in [0.3, 0.4) is 0 Å². The fourth-order valence-electron chi connectivity index (χ4n) is 3.22. The first-order valence-corrected chi connectivity index (χ1v) is 8.72. The first kappa shape index (κ1) is 17.6. The summed E-state index contributed by atoms with van der Waals surface area (Å²) in [7, 11) is 0. The van der Waals surface area contributed by atoms with Gasteiger partial charge in [-0.2, -0.15) is 0 Å². The zero-order chi connectivity index (χ0) is 17.1. The molecule has 2 heterocycles. The number of hydrogen-bond donors (Lipinski definition) is 1. The van der Waals surface area contributed by atoms with Crippen molar-refractivity contribution in [1.29, 1.82) is 0 Å². The maximum Gasteiger partial charge on any atom is 0.242 e. The lowest BCUT2D eigenvalue weighted by Crippen LogP contribution is -2.59. The van der Waals surface area contributed by atoms with Gasteiger partial charge in [0.15, 0.2) is 0 Å². The van der Waals surface area contributed by atoms with Gasteiger partial charge in [0.1, 0.15) is 11.9 Å². The van der Waals surface area contributed by atoms with Crippen LogP contribution in [0.2, 0.25) is 5.02 Å². The Hall–Kier alpha value is -1.21. The number of hydrogen-bond acceptors (Lipinski definition) is 4.